The maximum atomic E-state index is 2.60. The van der Waals surface area contributed by atoms with Crippen LogP contribution in [0, 0.1) is 6.92 Å². The van der Waals surface area contributed by atoms with Gasteiger partial charge < -0.3 is 0 Å². The van der Waals surface area contributed by atoms with E-state index in [-0.39, 0.29) is 5.54 Å². The van der Waals surface area contributed by atoms with Crippen molar-refractivity contribution in [3.63, 3.8) is 0 Å². The van der Waals surface area contributed by atoms with Crippen LogP contribution in [-0.4, -0.2) is 11.4 Å². The molecule has 20 heavy (non-hydrogen) atoms. The van der Waals surface area contributed by atoms with Crippen LogP contribution in [0.5, 0.6) is 0 Å². The minimum atomic E-state index is 0.108. The van der Waals surface area contributed by atoms with Gasteiger partial charge in [-0.15, -0.1) is 0 Å². The number of fused-ring (bicyclic) bond motifs is 1. The molecule has 0 saturated heterocycles. The molecule has 0 aliphatic carbocycles. The van der Waals surface area contributed by atoms with Crippen LogP contribution in [0.2, 0.25) is 0 Å². The van der Waals surface area contributed by atoms with Crippen LogP contribution >= 0.6 is 0 Å². The van der Waals surface area contributed by atoms with Gasteiger partial charge in [0.1, 0.15) is 0 Å². The van der Waals surface area contributed by atoms with Gasteiger partial charge in [-0.2, -0.15) is 0 Å². The van der Waals surface area contributed by atoms with E-state index in [2.05, 4.69) is 74.2 Å². The third-order valence-electron chi connectivity index (χ3n) is 4.58. The molecule has 0 atom stereocenters. The quantitative estimate of drug-likeness (QED) is 0.783. The van der Waals surface area contributed by atoms with Crippen molar-refractivity contribution in [3.05, 3.63) is 70.8 Å². The summed E-state index contributed by atoms with van der Waals surface area (Å²) >= 11 is 0. The van der Waals surface area contributed by atoms with Gasteiger partial charge in [-0.3, -0.25) is 4.90 Å². The highest BCUT2D eigenvalue weighted by Gasteiger charge is 2.34. The third-order valence-corrected chi connectivity index (χ3v) is 4.58. The number of nitrogens with zero attached hydrogens (tertiary/aromatic N) is 1. The fourth-order valence-electron chi connectivity index (χ4n) is 3.31. The summed E-state index contributed by atoms with van der Waals surface area (Å²) in [7, 11) is 0. The Hall–Kier alpha value is -1.60. The molecule has 0 aromatic heterocycles. The predicted octanol–water partition coefficient (Wildman–Crippen LogP) is 4.29. The lowest BCUT2D eigenvalue weighted by molar-refractivity contribution is 0.0982. The van der Waals surface area contributed by atoms with Gasteiger partial charge in [-0.1, -0.05) is 54.1 Å². The SMILES string of the molecule is Cc1ccc2c(c1)CCN(Cc1ccccc1)C2(C)C. The van der Waals surface area contributed by atoms with Crippen LogP contribution in [-0.2, 0) is 18.5 Å². The van der Waals surface area contributed by atoms with Gasteiger partial charge in [-0.05, 0) is 43.9 Å². The molecule has 2 aromatic carbocycles. The molecule has 104 valence electrons. The van der Waals surface area contributed by atoms with Crippen LogP contribution in [0.15, 0.2) is 48.5 Å². The minimum absolute atomic E-state index is 0.108. The summed E-state index contributed by atoms with van der Waals surface area (Å²) in [5, 5.41) is 0. The summed E-state index contributed by atoms with van der Waals surface area (Å²) in [5.41, 5.74) is 5.90. The smallest absolute Gasteiger partial charge is 0.0410 e. The molecule has 0 unspecified atom stereocenters. The third kappa shape index (κ3) is 2.38. The van der Waals surface area contributed by atoms with Crippen LogP contribution in [0.25, 0.3) is 0 Å². The standard InChI is InChI=1S/C19H23N/c1-15-9-10-18-17(13-15)11-12-20(19(18,2)3)14-16-7-5-4-6-8-16/h4-10,13H,11-12,14H2,1-3H3. The Bertz CT molecular complexity index is 598. The molecule has 0 bridgehead atoms. The average Bonchev–Trinajstić information content (AvgIpc) is 2.43. The maximum absolute atomic E-state index is 2.60. The van der Waals surface area contributed by atoms with Gasteiger partial charge >= 0.3 is 0 Å². The largest absolute Gasteiger partial charge is 0.290 e. The zero-order chi connectivity index (χ0) is 14.2. The van der Waals surface area contributed by atoms with Gasteiger partial charge in [0, 0.05) is 18.6 Å². The van der Waals surface area contributed by atoms with Gasteiger partial charge in [0.15, 0.2) is 0 Å². The molecule has 0 amide bonds. The van der Waals surface area contributed by atoms with E-state index in [0.717, 1.165) is 19.5 Å². The van der Waals surface area contributed by atoms with Crippen molar-refractivity contribution in [2.24, 2.45) is 0 Å². The van der Waals surface area contributed by atoms with Crippen molar-refractivity contribution >= 4 is 0 Å². The average molecular weight is 265 g/mol. The summed E-state index contributed by atoms with van der Waals surface area (Å²) in [6, 6.07) is 17.7. The summed E-state index contributed by atoms with van der Waals surface area (Å²) in [4.78, 5) is 2.60. The molecule has 0 spiro atoms. The molecular formula is C19H23N. The Balaban J connectivity index is 1.90. The Morgan fingerprint density at radius 1 is 1.05 bits per heavy atom. The Labute approximate surface area is 122 Å². The van der Waals surface area contributed by atoms with Gasteiger partial charge in [0.2, 0.25) is 0 Å². The highest BCUT2D eigenvalue weighted by molar-refractivity contribution is 5.38. The van der Waals surface area contributed by atoms with E-state index in [4.69, 9.17) is 0 Å². The molecule has 1 aliphatic heterocycles. The first-order valence-electron chi connectivity index (χ1n) is 7.46. The fourth-order valence-corrected chi connectivity index (χ4v) is 3.31. The number of benzene rings is 2. The molecule has 3 rings (SSSR count). The Morgan fingerprint density at radius 2 is 1.80 bits per heavy atom. The summed E-state index contributed by atoms with van der Waals surface area (Å²) in [6.07, 6.45) is 1.16. The second-order valence-electron chi connectivity index (χ2n) is 6.38. The summed E-state index contributed by atoms with van der Waals surface area (Å²) < 4.78 is 0. The van der Waals surface area contributed by atoms with Gasteiger partial charge in [0.25, 0.3) is 0 Å². The molecule has 1 heterocycles. The lowest BCUT2D eigenvalue weighted by atomic mass is 9.82. The molecule has 0 N–H and O–H groups in total. The van der Waals surface area contributed by atoms with Crippen molar-refractivity contribution in [3.8, 4) is 0 Å². The molecule has 2 aromatic rings. The Morgan fingerprint density at radius 3 is 2.55 bits per heavy atom. The summed E-state index contributed by atoms with van der Waals surface area (Å²) in [6.45, 7) is 9.05. The predicted molar refractivity (Wildman–Crippen MR) is 84.8 cm³/mol. The van der Waals surface area contributed by atoms with Crippen LogP contribution < -0.4 is 0 Å². The first-order valence-corrected chi connectivity index (χ1v) is 7.46. The number of aryl methyl sites for hydroxylation is 1. The normalized spacial score (nSPS) is 17.8. The molecule has 1 nitrogen and oxygen atoms in total. The maximum Gasteiger partial charge on any atom is 0.0410 e. The second kappa shape index (κ2) is 5.06. The lowest BCUT2D eigenvalue weighted by Gasteiger charge is -2.44. The molecule has 0 radical (unpaired) electrons. The van der Waals surface area contributed by atoms with Crippen molar-refractivity contribution in [1.29, 1.82) is 0 Å². The molecular weight excluding hydrogens is 242 g/mol. The summed E-state index contributed by atoms with van der Waals surface area (Å²) in [5.74, 6) is 0. The monoisotopic (exact) mass is 265 g/mol. The van der Waals surface area contributed by atoms with E-state index in [1.807, 2.05) is 0 Å². The molecule has 0 fully saturated rings. The minimum Gasteiger partial charge on any atom is -0.290 e. The van der Waals surface area contributed by atoms with Gasteiger partial charge in [0.05, 0.1) is 0 Å². The number of hydrogen-bond donors (Lipinski definition) is 0. The van der Waals surface area contributed by atoms with Gasteiger partial charge in [-0.25, -0.2) is 0 Å². The lowest BCUT2D eigenvalue weighted by Crippen LogP contribution is -2.46. The number of hydrogen-bond acceptors (Lipinski definition) is 1. The zero-order valence-corrected chi connectivity index (χ0v) is 12.7. The highest BCUT2D eigenvalue weighted by atomic mass is 15.2. The van der Waals surface area contributed by atoms with E-state index < -0.39 is 0 Å². The van der Waals surface area contributed by atoms with E-state index >= 15 is 0 Å². The zero-order valence-electron chi connectivity index (χ0n) is 12.7. The van der Waals surface area contributed by atoms with Crippen LogP contribution in [0.1, 0.15) is 36.1 Å². The topological polar surface area (TPSA) is 3.24 Å². The van der Waals surface area contributed by atoms with Crippen molar-refractivity contribution < 1.29 is 0 Å². The van der Waals surface area contributed by atoms with E-state index in [9.17, 15) is 0 Å². The highest BCUT2D eigenvalue weighted by Crippen LogP contribution is 2.36. The van der Waals surface area contributed by atoms with Crippen molar-refractivity contribution in [2.75, 3.05) is 6.54 Å². The van der Waals surface area contributed by atoms with E-state index in [1.165, 1.54) is 22.3 Å². The molecule has 1 aliphatic rings. The first-order chi connectivity index (χ1) is 9.57. The first kappa shape index (κ1) is 13.4. The van der Waals surface area contributed by atoms with Crippen LogP contribution in [0.4, 0.5) is 0 Å². The van der Waals surface area contributed by atoms with Crippen LogP contribution in [0.3, 0.4) is 0 Å². The molecule has 1 heteroatoms. The second-order valence-corrected chi connectivity index (χ2v) is 6.38. The molecule has 0 saturated carbocycles. The van der Waals surface area contributed by atoms with E-state index in [1.54, 1.807) is 0 Å². The van der Waals surface area contributed by atoms with E-state index in [0.29, 0.717) is 0 Å². The Kier molecular flexibility index (Phi) is 3.39. The fraction of sp³-hybridized carbons (Fsp3) is 0.368. The number of rotatable bonds is 2. The van der Waals surface area contributed by atoms with Crippen molar-refractivity contribution in [2.45, 2.75) is 39.3 Å². The van der Waals surface area contributed by atoms with Crippen molar-refractivity contribution in [1.82, 2.24) is 4.90 Å².